The van der Waals surface area contributed by atoms with Crippen LogP contribution in [-0.4, -0.2) is 10.9 Å². The first-order valence-corrected chi connectivity index (χ1v) is 8.58. The van der Waals surface area contributed by atoms with Crippen LogP contribution in [0.4, 0.5) is 10.1 Å². The molecule has 1 aromatic heterocycles. The number of anilines is 1. The minimum Gasteiger partial charge on any atom is -0.453 e. The van der Waals surface area contributed by atoms with Crippen LogP contribution in [0.1, 0.15) is 15.9 Å². The third-order valence-corrected chi connectivity index (χ3v) is 4.12. The number of ether oxygens (including phenoxy) is 1. The number of rotatable bonds is 5. The Morgan fingerprint density at radius 3 is 2.74 bits per heavy atom. The summed E-state index contributed by atoms with van der Waals surface area (Å²) in [6.07, 6.45) is 2.98. The number of pyridine rings is 1. The van der Waals surface area contributed by atoms with Crippen LogP contribution in [0.15, 0.2) is 54.9 Å². The van der Waals surface area contributed by atoms with E-state index >= 15 is 0 Å². The topological polar surface area (TPSA) is 77.2 Å². The van der Waals surface area contributed by atoms with E-state index in [1.807, 2.05) is 0 Å². The van der Waals surface area contributed by atoms with E-state index in [9.17, 15) is 9.18 Å². The summed E-state index contributed by atoms with van der Waals surface area (Å²) in [5.41, 5.74) is 6.66. The van der Waals surface area contributed by atoms with E-state index in [0.717, 1.165) is 0 Å². The number of nitrogen functional groups attached to an aromatic ring is 1. The molecule has 0 aliphatic carbocycles. The maximum atomic E-state index is 14.8. The Kier molecular flexibility index (Phi) is 5.78. The van der Waals surface area contributed by atoms with Crippen LogP contribution in [0.3, 0.4) is 0 Å². The summed E-state index contributed by atoms with van der Waals surface area (Å²) in [6, 6.07) is 10.7. The SMILES string of the molecule is Nc1cc(Cl)cc(Oc2c(Cl)ccc(CNC(=O)c3cccnc3)c2F)c1. The average Bonchev–Trinajstić information content (AvgIpc) is 2.64. The number of nitrogens with zero attached hydrogens (tertiary/aromatic N) is 1. The van der Waals surface area contributed by atoms with E-state index in [-0.39, 0.29) is 34.5 Å². The minimum atomic E-state index is -0.687. The van der Waals surface area contributed by atoms with E-state index in [2.05, 4.69) is 10.3 Å². The van der Waals surface area contributed by atoms with Gasteiger partial charge in [0.15, 0.2) is 11.6 Å². The first-order valence-electron chi connectivity index (χ1n) is 7.83. The van der Waals surface area contributed by atoms with Crippen LogP contribution in [0.5, 0.6) is 11.5 Å². The van der Waals surface area contributed by atoms with E-state index in [1.165, 1.54) is 36.5 Å². The summed E-state index contributed by atoms with van der Waals surface area (Å²) in [6.45, 7) is -0.0508. The lowest BCUT2D eigenvalue weighted by Gasteiger charge is -2.13. The second-order valence-electron chi connectivity index (χ2n) is 5.60. The van der Waals surface area contributed by atoms with Gasteiger partial charge in [0.2, 0.25) is 0 Å². The number of hydrogen-bond donors (Lipinski definition) is 2. The Hall–Kier alpha value is -2.83. The molecule has 2 aromatic carbocycles. The maximum Gasteiger partial charge on any atom is 0.253 e. The summed E-state index contributed by atoms with van der Waals surface area (Å²) in [4.78, 5) is 16.0. The van der Waals surface area contributed by atoms with Crippen molar-refractivity contribution in [2.75, 3.05) is 5.73 Å². The van der Waals surface area contributed by atoms with Gasteiger partial charge in [-0.15, -0.1) is 0 Å². The smallest absolute Gasteiger partial charge is 0.253 e. The highest BCUT2D eigenvalue weighted by atomic mass is 35.5. The monoisotopic (exact) mass is 405 g/mol. The van der Waals surface area contributed by atoms with E-state index in [0.29, 0.717) is 16.3 Å². The molecule has 0 saturated carbocycles. The molecule has 0 bridgehead atoms. The van der Waals surface area contributed by atoms with Gasteiger partial charge in [-0.25, -0.2) is 4.39 Å². The summed E-state index contributed by atoms with van der Waals surface area (Å²) < 4.78 is 20.4. The molecule has 3 rings (SSSR count). The molecule has 0 fully saturated rings. The molecule has 0 unspecified atom stereocenters. The molecule has 0 spiro atoms. The molecule has 5 nitrogen and oxygen atoms in total. The van der Waals surface area contributed by atoms with Crippen molar-refractivity contribution >= 4 is 34.8 Å². The quantitative estimate of drug-likeness (QED) is 0.595. The lowest BCUT2D eigenvalue weighted by molar-refractivity contribution is 0.0950. The van der Waals surface area contributed by atoms with Gasteiger partial charge < -0.3 is 15.8 Å². The van der Waals surface area contributed by atoms with E-state index < -0.39 is 5.82 Å². The van der Waals surface area contributed by atoms with Gasteiger partial charge in [-0.2, -0.15) is 0 Å². The Morgan fingerprint density at radius 2 is 2.04 bits per heavy atom. The van der Waals surface area contributed by atoms with Crippen molar-refractivity contribution in [3.8, 4) is 11.5 Å². The Balaban J connectivity index is 1.80. The van der Waals surface area contributed by atoms with Crippen molar-refractivity contribution in [2.24, 2.45) is 0 Å². The standard InChI is InChI=1S/C19H14Cl2FN3O2/c20-13-6-14(23)8-15(7-13)27-18-16(21)4-3-11(17(18)22)10-25-19(26)12-2-1-5-24-9-12/h1-9H,10,23H2,(H,25,26). The van der Waals surface area contributed by atoms with Gasteiger partial charge in [-0.1, -0.05) is 29.3 Å². The van der Waals surface area contributed by atoms with E-state index in [1.54, 1.807) is 18.3 Å². The van der Waals surface area contributed by atoms with Gasteiger partial charge in [-0.05, 0) is 30.3 Å². The van der Waals surface area contributed by atoms with Gasteiger partial charge >= 0.3 is 0 Å². The first kappa shape index (κ1) is 18.9. The van der Waals surface area contributed by atoms with Crippen LogP contribution < -0.4 is 15.8 Å². The van der Waals surface area contributed by atoms with Crippen molar-refractivity contribution < 1.29 is 13.9 Å². The number of halogens is 3. The lowest BCUT2D eigenvalue weighted by atomic mass is 10.2. The molecule has 0 aliphatic rings. The fourth-order valence-corrected chi connectivity index (χ4v) is 2.76. The van der Waals surface area contributed by atoms with Crippen LogP contribution in [0.2, 0.25) is 10.0 Å². The van der Waals surface area contributed by atoms with Gasteiger partial charge in [-0.3, -0.25) is 9.78 Å². The lowest BCUT2D eigenvalue weighted by Crippen LogP contribution is -2.23. The first-order chi connectivity index (χ1) is 12.9. The molecule has 27 heavy (non-hydrogen) atoms. The highest BCUT2D eigenvalue weighted by Gasteiger charge is 2.16. The second kappa shape index (κ2) is 8.24. The van der Waals surface area contributed by atoms with Crippen LogP contribution in [-0.2, 0) is 6.54 Å². The Labute approximate surface area is 164 Å². The largest absolute Gasteiger partial charge is 0.453 e. The van der Waals surface area contributed by atoms with Crippen LogP contribution >= 0.6 is 23.2 Å². The molecule has 138 valence electrons. The van der Waals surface area contributed by atoms with Crippen LogP contribution in [0, 0.1) is 5.82 Å². The molecule has 0 aliphatic heterocycles. The molecule has 1 amide bonds. The summed E-state index contributed by atoms with van der Waals surface area (Å²) in [7, 11) is 0. The molecule has 0 radical (unpaired) electrons. The fraction of sp³-hybridized carbons (Fsp3) is 0.0526. The van der Waals surface area contributed by atoms with Crippen molar-refractivity contribution in [3.63, 3.8) is 0 Å². The number of carbonyl (C=O) groups excluding carboxylic acids is 1. The highest BCUT2D eigenvalue weighted by Crippen LogP contribution is 2.35. The van der Waals surface area contributed by atoms with Crippen LogP contribution in [0.25, 0.3) is 0 Å². The maximum absolute atomic E-state index is 14.8. The predicted molar refractivity (Wildman–Crippen MR) is 103 cm³/mol. The highest BCUT2D eigenvalue weighted by molar-refractivity contribution is 6.32. The molecular weight excluding hydrogens is 392 g/mol. The van der Waals surface area contributed by atoms with Gasteiger partial charge in [0.1, 0.15) is 5.75 Å². The summed E-state index contributed by atoms with van der Waals surface area (Å²) in [5, 5.41) is 3.05. The number of hydrogen-bond acceptors (Lipinski definition) is 4. The molecule has 0 saturated heterocycles. The van der Waals surface area contributed by atoms with E-state index in [4.69, 9.17) is 33.7 Å². The molecule has 1 heterocycles. The molecular formula is C19H14Cl2FN3O2. The van der Waals surface area contributed by atoms with Crippen molar-refractivity contribution in [3.05, 3.63) is 81.8 Å². The molecule has 3 N–H and O–H groups in total. The summed E-state index contributed by atoms with van der Waals surface area (Å²) >= 11 is 12.0. The third-order valence-electron chi connectivity index (χ3n) is 3.61. The molecule has 0 atom stereocenters. The fourth-order valence-electron chi connectivity index (χ4n) is 2.34. The zero-order chi connectivity index (χ0) is 19.4. The molecule has 8 heteroatoms. The van der Waals surface area contributed by atoms with Gasteiger partial charge in [0.05, 0.1) is 10.6 Å². The third kappa shape index (κ3) is 4.67. The number of aromatic nitrogens is 1. The number of nitrogens with one attached hydrogen (secondary N) is 1. The summed E-state index contributed by atoms with van der Waals surface area (Å²) in [5.74, 6) is -0.987. The normalized spacial score (nSPS) is 10.5. The zero-order valence-corrected chi connectivity index (χ0v) is 15.4. The zero-order valence-electron chi connectivity index (χ0n) is 13.9. The number of carbonyl (C=O) groups is 1. The Bertz CT molecular complexity index is 964. The predicted octanol–water partition coefficient (Wildman–Crippen LogP) is 4.83. The number of nitrogens with two attached hydrogens (primary N) is 1. The molecule has 3 aromatic rings. The Morgan fingerprint density at radius 1 is 1.22 bits per heavy atom. The van der Waals surface area contributed by atoms with Gasteiger partial charge in [0, 0.05) is 41.3 Å². The second-order valence-corrected chi connectivity index (χ2v) is 6.44. The van der Waals surface area contributed by atoms with Crippen molar-refractivity contribution in [2.45, 2.75) is 6.54 Å². The van der Waals surface area contributed by atoms with Gasteiger partial charge in [0.25, 0.3) is 5.91 Å². The average molecular weight is 406 g/mol. The minimum absolute atomic E-state index is 0.0508. The number of amides is 1. The van der Waals surface area contributed by atoms with Crippen molar-refractivity contribution in [1.82, 2.24) is 10.3 Å². The number of benzene rings is 2. The van der Waals surface area contributed by atoms with Crippen molar-refractivity contribution in [1.29, 1.82) is 0 Å².